The summed E-state index contributed by atoms with van der Waals surface area (Å²) in [6.45, 7) is 0. The fourth-order valence-corrected chi connectivity index (χ4v) is 5.36. The molecular formula is C14H16NOSe-. The van der Waals surface area contributed by atoms with E-state index < -0.39 is 5.72 Å². The third-order valence-corrected chi connectivity index (χ3v) is 6.70. The van der Waals surface area contributed by atoms with Crippen molar-refractivity contribution in [3.63, 3.8) is 0 Å². The predicted molar refractivity (Wildman–Crippen MR) is 68.8 cm³/mol. The number of aliphatic imine (C=N–C) groups is 1. The molecule has 1 aromatic rings. The van der Waals surface area contributed by atoms with Gasteiger partial charge in [0, 0.05) is 0 Å². The molecule has 1 heterocycles. The molecule has 3 unspecified atom stereocenters. The van der Waals surface area contributed by atoms with E-state index in [9.17, 15) is 5.11 Å². The van der Waals surface area contributed by atoms with Gasteiger partial charge in [0.05, 0.1) is 0 Å². The van der Waals surface area contributed by atoms with Crippen molar-refractivity contribution >= 4 is 25.6 Å². The van der Waals surface area contributed by atoms with Crippen LogP contribution in [0.25, 0.3) is 0 Å². The van der Waals surface area contributed by atoms with E-state index in [1.54, 1.807) is 0 Å². The molecule has 2 bridgehead atoms. The van der Waals surface area contributed by atoms with E-state index in [1.807, 2.05) is 12.3 Å². The molecule has 3 atom stereocenters. The maximum absolute atomic E-state index is 12.7. The summed E-state index contributed by atoms with van der Waals surface area (Å²) < 4.78 is 1.33. The Bertz CT molecular complexity index is 419. The number of benzene rings is 1. The fourth-order valence-electron chi connectivity index (χ4n) is 2.77. The topological polar surface area (TPSA) is 35.4 Å². The summed E-state index contributed by atoms with van der Waals surface area (Å²) in [4.78, 5) is 4.54. The van der Waals surface area contributed by atoms with Gasteiger partial charge in [0.2, 0.25) is 0 Å². The molecule has 0 aromatic heterocycles. The van der Waals surface area contributed by atoms with Gasteiger partial charge in [0.15, 0.2) is 0 Å². The normalized spacial score (nSPS) is 35.8. The third-order valence-electron chi connectivity index (χ3n) is 3.69. The van der Waals surface area contributed by atoms with E-state index in [0.29, 0.717) is 5.92 Å². The van der Waals surface area contributed by atoms with Crippen LogP contribution in [0.5, 0.6) is 0 Å². The second-order valence-corrected chi connectivity index (χ2v) is 7.64. The number of hydrogen-bond donors (Lipinski definition) is 0. The summed E-state index contributed by atoms with van der Waals surface area (Å²) in [5.74, 6) is 0.604. The number of fused-ring (bicyclic) bond motifs is 2. The number of hydrogen-bond acceptors (Lipinski definition) is 2. The van der Waals surface area contributed by atoms with Crippen molar-refractivity contribution in [1.82, 2.24) is 0 Å². The van der Waals surface area contributed by atoms with Crippen LogP contribution in [-0.2, 0) is 0 Å². The Hall–Kier alpha value is -0.631. The molecule has 90 valence electrons. The van der Waals surface area contributed by atoms with Crippen molar-refractivity contribution in [2.75, 3.05) is 0 Å². The summed E-state index contributed by atoms with van der Waals surface area (Å²) in [5, 5.41) is 12.7. The number of nitrogens with zero attached hydrogens (tertiary/aromatic N) is 1. The van der Waals surface area contributed by atoms with Crippen molar-refractivity contribution in [2.45, 2.75) is 36.2 Å². The minimum absolute atomic E-state index is 0.241. The van der Waals surface area contributed by atoms with Gasteiger partial charge >= 0.3 is 108 Å². The van der Waals surface area contributed by atoms with Crippen LogP contribution in [0.4, 0.5) is 0 Å². The molecule has 0 N–H and O–H groups in total. The molecule has 17 heavy (non-hydrogen) atoms. The number of rotatable bonds is 2. The van der Waals surface area contributed by atoms with Gasteiger partial charge in [-0.25, -0.2) is 0 Å². The SMILES string of the molecule is [O-]C12CC(CC=N1)CCC2[Se]c1ccccc1. The average Bonchev–Trinajstić information content (AvgIpc) is 2.34. The zero-order valence-corrected chi connectivity index (χ0v) is 11.4. The Kier molecular flexibility index (Phi) is 3.08. The molecule has 2 nitrogen and oxygen atoms in total. The van der Waals surface area contributed by atoms with Crippen LogP contribution in [0.3, 0.4) is 0 Å². The fraction of sp³-hybridized carbons (Fsp3) is 0.500. The molecule has 0 saturated heterocycles. The predicted octanol–water partition coefficient (Wildman–Crippen LogP) is 1.14. The first-order valence-electron chi connectivity index (χ1n) is 6.22. The van der Waals surface area contributed by atoms with Crippen LogP contribution in [0.2, 0.25) is 4.82 Å². The molecule has 1 fully saturated rings. The molecule has 1 aliphatic heterocycles. The van der Waals surface area contributed by atoms with Crippen LogP contribution >= 0.6 is 0 Å². The van der Waals surface area contributed by atoms with Crippen molar-refractivity contribution in [3.8, 4) is 0 Å². The van der Waals surface area contributed by atoms with Crippen LogP contribution in [-0.4, -0.2) is 26.9 Å². The molecule has 2 aliphatic rings. The molecule has 3 heteroatoms. The molecule has 0 radical (unpaired) electrons. The zero-order chi connectivity index (χ0) is 11.7. The zero-order valence-electron chi connectivity index (χ0n) is 9.71. The summed E-state index contributed by atoms with van der Waals surface area (Å²) in [5.41, 5.74) is -1.00. The molecule has 1 saturated carbocycles. The second kappa shape index (κ2) is 4.56. The minimum atomic E-state index is -1.00. The van der Waals surface area contributed by atoms with E-state index in [0.717, 1.165) is 19.3 Å². The summed E-state index contributed by atoms with van der Waals surface area (Å²) >= 11 is 0.267. The Morgan fingerprint density at radius 1 is 1.24 bits per heavy atom. The van der Waals surface area contributed by atoms with Gasteiger partial charge in [-0.15, -0.1) is 0 Å². The van der Waals surface area contributed by atoms with Crippen molar-refractivity contribution in [2.24, 2.45) is 10.9 Å². The third kappa shape index (κ3) is 2.33. The van der Waals surface area contributed by atoms with Crippen molar-refractivity contribution < 1.29 is 5.11 Å². The molecule has 1 aromatic carbocycles. The summed E-state index contributed by atoms with van der Waals surface area (Å²) in [7, 11) is 0. The van der Waals surface area contributed by atoms with E-state index in [-0.39, 0.29) is 19.8 Å². The Labute approximate surface area is 108 Å². The second-order valence-electron chi connectivity index (χ2n) is 4.96. The van der Waals surface area contributed by atoms with Gasteiger partial charge < -0.3 is 0 Å². The van der Waals surface area contributed by atoms with Crippen LogP contribution in [0.15, 0.2) is 35.3 Å². The Balaban J connectivity index is 1.79. The Morgan fingerprint density at radius 2 is 2.06 bits per heavy atom. The van der Waals surface area contributed by atoms with Crippen LogP contribution in [0, 0.1) is 5.92 Å². The first kappa shape index (κ1) is 11.5. The van der Waals surface area contributed by atoms with Crippen molar-refractivity contribution in [1.29, 1.82) is 0 Å². The molecule has 0 amide bonds. The van der Waals surface area contributed by atoms with Gasteiger partial charge in [-0.1, -0.05) is 0 Å². The molecule has 1 aliphatic carbocycles. The van der Waals surface area contributed by atoms with Crippen molar-refractivity contribution in [3.05, 3.63) is 30.3 Å². The summed E-state index contributed by atoms with van der Waals surface area (Å²) in [6, 6.07) is 10.4. The van der Waals surface area contributed by atoms with Crippen LogP contribution < -0.4 is 9.57 Å². The average molecular weight is 293 g/mol. The van der Waals surface area contributed by atoms with E-state index in [2.05, 4.69) is 29.3 Å². The molecule has 3 rings (SSSR count). The van der Waals surface area contributed by atoms with E-state index in [4.69, 9.17) is 0 Å². The van der Waals surface area contributed by atoms with Crippen LogP contribution in [0.1, 0.15) is 25.7 Å². The maximum atomic E-state index is 12.7. The van der Waals surface area contributed by atoms with Gasteiger partial charge in [0.1, 0.15) is 0 Å². The Morgan fingerprint density at radius 3 is 2.88 bits per heavy atom. The summed E-state index contributed by atoms with van der Waals surface area (Å²) in [6.07, 6.45) is 5.96. The first-order chi connectivity index (χ1) is 8.26. The quantitative estimate of drug-likeness (QED) is 0.753. The van der Waals surface area contributed by atoms with Gasteiger partial charge in [0.25, 0.3) is 0 Å². The van der Waals surface area contributed by atoms with Gasteiger partial charge in [-0.2, -0.15) is 0 Å². The standard InChI is InChI=1S/C14H16NOSe/c16-14-10-11(8-9-15-14)6-7-13(14)17-12-4-2-1-3-5-12/h1-5,9,11,13H,6-8,10H2/q-1. The molecule has 0 spiro atoms. The van der Waals surface area contributed by atoms with E-state index >= 15 is 0 Å². The monoisotopic (exact) mass is 294 g/mol. The van der Waals surface area contributed by atoms with Gasteiger partial charge in [-0.05, 0) is 0 Å². The molecular weight excluding hydrogens is 277 g/mol. The first-order valence-corrected chi connectivity index (χ1v) is 8.07. The van der Waals surface area contributed by atoms with E-state index in [1.165, 1.54) is 10.9 Å². The van der Waals surface area contributed by atoms with Gasteiger partial charge in [-0.3, -0.25) is 0 Å².